The molecule has 0 bridgehead atoms. The largest absolute Gasteiger partial charge is 0.453 e. The van der Waals surface area contributed by atoms with E-state index in [1.54, 1.807) is 12.4 Å². The van der Waals surface area contributed by atoms with E-state index < -0.39 is 41.9 Å². The van der Waals surface area contributed by atoms with Gasteiger partial charge in [0.05, 0.1) is 50.1 Å². The summed E-state index contributed by atoms with van der Waals surface area (Å²) in [5.74, 6) is 2.40. The number of alkyl carbamates (subject to hydrolysis) is 2. The number of benzene rings is 2. The number of imidazole rings is 2. The number of fused-ring (bicyclic) bond motifs is 2. The van der Waals surface area contributed by atoms with Gasteiger partial charge in [-0.1, -0.05) is 53.9 Å². The van der Waals surface area contributed by atoms with E-state index in [1.165, 1.54) is 14.2 Å². The lowest BCUT2D eigenvalue weighted by molar-refractivity contribution is -0.125. The number of hydrogen-bond acceptors (Lipinski definition) is 10. The quantitative estimate of drug-likeness (QED) is 0.0564. The Morgan fingerprint density at radius 1 is 0.621 bits per heavy atom. The minimum Gasteiger partial charge on any atom is -0.453 e. The average Bonchev–Trinajstić information content (AvgIpc) is 3.88. The molecule has 1 aliphatic rings. The molecule has 5 rings (SSSR count). The van der Waals surface area contributed by atoms with Crippen molar-refractivity contribution in [1.82, 2.24) is 41.2 Å². The number of carbonyl (C=O) groups excluding carboxylic acids is 4. The maximum absolute atomic E-state index is 13.3. The molecule has 0 saturated carbocycles. The Labute approximate surface area is 342 Å². The Balaban J connectivity index is 1.30. The van der Waals surface area contributed by atoms with Crippen LogP contribution in [0.3, 0.4) is 0 Å². The SMILES string of the molecule is COC(=O)N[C@H](C(=O)N[C@@H](C[Si](C)C)c1ncc(-c2ccc3c(c2)Oc2ccc(-c4cnc([C@H](C[Si](C)C)NC(=O)[C@@H](NC(=O)OC)C(C)C)[nH]4)cc2O3)[nH]1)C(C)C. The van der Waals surface area contributed by atoms with Gasteiger partial charge in [-0.2, -0.15) is 0 Å². The highest BCUT2D eigenvalue weighted by atomic mass is 28.3. The maximum Gasteiger partial charge on any atom is 0.407 e. The number of methoxy groups -OCH3 is 2. The Bertz CT molecular complexity index is 1940. The van der Waals surface area contributed by atoms with Gasteiger partial charge in [0.1, 0.15) is 23.7 Å². The number of aromatic amines is 2. The van der Waals surface area contributed by atoms with Crippen LogP contribution in [-0.2, 0) is 19.1 Å². The fourth-order valence-electron chi connectivity index (χ4n) is 6.45. The lowest BCUT2D eigenvalue weighted by atomic mass is 10.0. The van der Waals surface area contributed by atoms with Crippen molar-refractivity contribution in [3.63, 3.8) is 0 Å². The molecule has 310 valence electrons. The first-order chi connectivity index (χ1) is 27.6. The third kappa shape index (κ3) is 10.9. The fourth-order valence-corrected chi connectivity index (χ4v) is 8.67. The van der Waals surface area contributed by atoms with E-state index in [-0.39, 0.29) is 35.7 Å². The molecule has 58 heavy (non-hydrogen) atoms. The molecular formula is C40H54N8O8Si2. The summed E-state index contributed by atoms with van der Waals surface area (Å²) in [6.45, 7) is 16.1. The molecule has 2 aromatic heterocycles. The number of H-pyrrole nitrogens is 2. The van der Waals surface area contributed by atoms with Gasteiger partial charge in [-0.3, -0.25) is 9.59 Å². The minimum absolute atomic E-state index is 0.162. The third-order valence-corrected chi connectivity index (χ3v) is 11.9. The van der Waals surface area contributed by atoms with E-state index >= 15 is 0 Å². The van der Waals surface area contributed by atoms with Crippen LogP contribution in [0.15, 0.2) is 48.8 Å². The van der Waals surface area contributed by atoms with Gasteiger partial charge >= 0.3 is 12.2 Å². The topological polar surface area (TPSA) is 211 Å². The van der Waals surface area contributed by atoms with Crippen LogP contribution in [0.4, 0.5) is 9.59 Å². The van der Waals surface area contributed by atoms with Crippen LogP contribution >= 0.6 is 0 Å². The van der Waals surface area contributed by atoms with Crippen LogP contribution in [0.2, 0.25) is 38.3 Å². The Kier molecular flexibility index (Phi) is 14.4. The number of carbonyl (C=O) groups is 4. The normalized spacial score (nSPS) is 14.0. The van der Waals surface area contributed by atoms with Crippen molar-refractivity contribution in [3.8, 4) is 45.5 Å². The highest BCUT2D eigenvalue weighted by Crippen LogP contribution is 2.47. The van der Waals surface area contributed by atoms with Gasteiger partial charge in [-0.05, 0) is 60.3 Å². The van der Waals surface area contributed by atoms with Crippen molar-refractivity contribution >= 4 is 41.6 Å². The standard InChI is InChI=1S/C40H54N8O8Si2/c1-21(2)33(47-39(51)53-5)37(49)45-27(19-57(7)8)35-41-17-25(43-35)23-11-13-29-31(15-23)55-30-14-12-24(16-32(30)56-29)26-18-42-36(44-26)28(20-58(9)10)46-38(50)34(22(3)4)48-40(52)54-6/h11-18,21-22,27-28,33-34H,19-20H2,1-10H3,(H,41,43)(H,42,44)(H,45,49)(H,46,50)(H,47,51)(H,48,52)/t27-,28-,33-,34-/m0/s1. The number of hydrogen-bond donors (Lipinski definition) is 6. The first-order valence-electron chi connectivity index (χ1n) is 19.2. The van der Waals surface area contributed by atoms with Crippen LogP contribution in [-0.4, -0.2) is 87.8 Å². The van der Waals surface area contributed by atoms with Crippen LogP contribution in [0.1, 0.15) is 51.4 Å². The molecule has 4 atom stereocenters. The molecule has 3 heterocycles. The van der Waals surface area contributed by atoms with E-state index in [2.05, 4.69) is 67.4 Å². The summed E-state index contributed by atoms with van der Waals surface area (Å²) in [6, 6.07) is 10.4. The zero-order valence-electron chi connectivity index (χ0n) is 34.7. The van der Waals surface area contributed by atoms with Crippen molar-refractivity contribution in [2.75, 3.05) is 14.2 Å². The molecule has 16 nitrogen and oxygen atoms in total. The predicted octanol–water partition coefficient (Wildman–Crippen LogP) is 6.95. The summed E-state index contributed by atoms with van der Waals surface area (Å²) in [4.78, 5) is 66.6. The molecule has 4 amide bonds. The summed E-state index contributed by atoms with van der Waals surface area (Å²) < 4.78 is 22.1. The van der Waals surface area contributed by atoms with Crippen molar-refractivity contribution in [3.05, 3.63) is 60.4 Å². The average molecular weight is 831 g/mol. The summed E-state index contributed by atoms with van der Waals surface area (Å²) in [6.07, 6.45) is 2.12. The predicted molar refractivity (Wildman–Crippen MR) is 223 cm³/mol. The molecule has 0 fully saturated rings. The van der Waals surface area contributed by atoms with Gasteiger partial charge in [-0.15, -0.1) is 0 Å². The molecule has 2 aromatic carbocycles. The second-order valence-electron chi connectivity index (χ2n) is 15.6. The van der Waals surface area contributed by atoms with E-state index in [1.807, 2.05) is 64.1 Å². The highest BCUT2D eigenvalue weighted by molar-refractivity contribution is 6.56. The van der Waals surface area contributed by atoms with Crippen molar-refractivity contribution in [2.45, 2.75) is 90.1 Å². The maximum atomic E-state index is 13.3. The molecule has 6 N–H and O–H groups in total. The van der Waals surface area contributed by atoms with Crippen LogP contribution in [0.5, 0.6) is 23.0 Å². The van der Waals surface area contributed by atoms with Gasteiger partial charge in [0, 0.05) is 28.7 Å². The Morgan fingerprint density at radius 2 is 1.00 bits per heavy atom. The second-order valence-corrected chi connectivity index (χ2v) is 21.2. The minimum atomic E-state index is -0.793. The number of rotatable bonds is 16. The van der Waals surface area contributed by atoms with Crippen LogP contribution in [0, 0.1) is 11.8 Å². The summed E-state index contributed by atoms with van der Waals surface area (Å²) >= 11 is 0. The van der Waals surface area contributed by atoms with Gasteiger partial charge in [0.2, 0.25) is 11.8 Å². The van der Waals surface area contributed by atoms with Crippen LogP contribution < -0.4 is 30.7 Å². The summed E-state index contributed by atoms with van der Waals surface area (Å²) in [5.41, 5.74) is 3.10. The second kappa shape index (κ2) is 19.2. The number of ether oxygens (including phenoxy) is 4. The molecule has 4 aromatic rings. The first-order valence-corrected chi connectivity index (χ1v) is 24.6. The Hall–Kier alpha value is -5.63. The lowest BCUT2D eigenvalue weighted by Crippen LogP contribution is -2.50. The summed E-state index contributed by atoms with van der Waals surface area (Å²) in [5, 5.41) is 11.5. The third-order valence-electron chi connectivity index (χ3n) is 9.47. The first kappa shape index (κ1) is 43.5. The Morgan fingerprint density at radius 3 is 1.33 bits per heavy atom. The number of aromatic nitrogens is 4. The van der Waals surface area contributed by atoms with Gasteiger partial charge < -0.3 is 50.2 Å². The smallest absolute Gasteiger partial charge is 0.407 e. The molecule has 0 spiro atoms. The van der Waals surface area contributed by atoms with Crippen molar-refractivity contribution < 1.29 is 38.1 Å². The van der Waals surface area contributed by atoms with Crippen LogP contribution in [0.25, 0.3) is 22.5 Å². The van der Waals surface area contributed by atoms with Crippen molar-refractivity contribution in [2.24, 2.45) is 11.8 Å². The number of amides is 4. The molecule has 0 unspecified atom stereocenters. The van der Waals surface area contributed by atoms with Crippen molar-refractivity contribution in [1.29, 1.82) is 0 Å². The number of nitrogens with one attached hydrogen (secondary N) is 6. The van der Waals surface area contributed by atoms with E-state index in [9.17, 15) is 19.2 Å². The molecule has 1 aliphatic heterocycles. The molecule has 2 radical (unpaired) electrons. The van der Waals surface area contributed by atoms with Gasteiger partial charge in [0.15, 0.2) is 23.0 Å². The monoisotopic (exact) mass is 830 g/mol. The zero-order chi connectivity index (χ0) is 42.3. The molecular weight excluding hydrogens is 777 g/mol. The van der Waals surface area contributed by atoms with Gasteiger partial charge in [-0.25, -0.2) is 19.6 Å². The zero-order valence-corrected chi connectivity index (χ0v) is 36.7. The molecule has 0 saturated heterocycles. The summed E-state index contributed by atoms with van der Waals surface area (Å²) in [7, 11) is 0.943. The number of nitrogens with zero attached hydrogens (tertiary/aromatic N) is 2. The van der Waals surface area contributed by atoms with E-state index in [0.29, 0.717) is 34.6 Å². The fraction of sp³-hybridized carbons (Fsp3) is 0.450. The molecule has 0 aliphatic carbocycles. The highest BCUT2D eigenvalue weighted by Gasteiger charge is 2.31. The molecule has 18 heteroatoms. The van der Waals surface area contributed by atoms with Gasteiger partial charge in [0.25, 0.3) is 0 Å². The van der Waals surface area contributed by atoms with E-state index in [0.717, 1.165) is 34.6 Å². The van der Waals surface area contributed by atoms with E-state index in [4.69, 9.17) is 18.9 Å². The lowest BCUT2D eigenvalue weighted by Gasteiger charge is -2.25.